The third-order valence-electron chi connectivity index (χ3n) is 4.65. The van der Waals surface area contributed by atoms with Gasteiger partial charge in [-0.25, -0.2) is 4.98 Å². The summed E-state index contributed by atoms with van der Waals surface area (Å²) in [6.07, 6.45) is 3.78. The molecule has 1 heterocycles. The second kappa shape index (κ2) is 11.1. The number of hydrogen-bond acceptors (Lipinski definition) is 6. The molecule has 0 aliphatic carbocycles. The van der Waals surface area contributed by atoms with Crippen molar-refractivity contribution in [3.63, 3.8) is 0 Å². The number of aliphatic carboxylic acids is 1. The maximum absolute atomic E-state index is 12.7. The van der Waals surface area contributed by atoms with Crippen LogP contribution in [-0.4, -0.2) is 62.9 Å². The Hall–Kier alpha value is -2.95. The van der Waals surface area contributed by atoms with Gasteiger partial charge in [0.1, 0.15) is 18.1 Å². The van der Waals surface area contributed by atoms with Crippen LogP contribution in [0.5, 0.6) is 0 Å². The monoisotopic (exact) mass is 410 g/mol. The fourth-order valence-corrected chi connectivity index (χ4v) is 2.39. The van der Waals surface area contributed by atoms with Gasteiger partial charge < -0.3 is 31.8 Å². The van der Waals surface area contributed by atoms with Crippen molar-refractivity contribution in [1.82, 2.24) is 25.9 Å². The van der Waals surface area contributed by atoms with Crippen molar-refractivity contribution in [2.75, 3.05) is 0 Å². The topological polar surface area (TPSA) is 179 Å². The van der Waals surface area contributed by atoms with E-state index in [2.05, 4.69) is 25.9 Å². The maximum Gasteiger partial charge on any atom is 0.325 e. The lowest BCUT2D eigenvalue weighted by molar-refractivity contribution is -0.141. The SMILES string of the molecule is CCC(C)C(N)C(=O)NC(Cc1cnc[nH]1)C(=O)NC(C)C(=O)NC(C)C(=O)O. The van der Waals surface area contributed by atoms with Gasteiger partial charge in [-0.05, 0) is 19.8 Å². The molecule has 0 aliphatic rings. The first kappa shape index (κ1) is 24.1. The molecule has 0 radical (unpaired) electrons. The van der Waals surface area contributed by atoms with Gasteiger partial charge in [0, 0.05) is 18.3 Å². The average Bonchev–Trinajstić information content (AvgIpc) is 3.18. The third kappa shape index (κ3) is 7.53. The van der Waals surface area contributed by atoms with E-state index in [4.69, 9.17) is 10.8 Å². The first-order valence-corrected chi connectivity index (χ1v) is 9.43. The first-order valence-electron chi connectivity index (χ1n) is 9.43. The molecule has 0 saturated heterocycles. The van der Waals surface area contributed by atoms with Crippen molar-refractivity contribution in [1.29, 1.82) is 0 Å². The van der Waals surface area contributed by atoms with E-state index in [0.717, 1.165) is 0 Å². The minimum atomic E-state index is -1.19. The molecule has 3 amide bonds. The first-order chi connectivity index (χ1) is 13.6. The number of imidazole rings is 1. The molecule has 11 heteroatoms. The Bertz CT molecular complexity index is 708. The Morgan fingerprint density at radius 3 is 2.21 bits per heavy atom. The van der Waals surface area contributed by atoms with Crippen LogP contribution >= 0.6 is 0 Å². The van der Waals surface area contributed by atoms with Crippen molar-refractivity contribution in [2.24, 2.45) is 11.7 Å². The van der Waals surface area contributed by atoms with E-state index in [1.165, 1.54) is 26.4 Å². The number of aromatic amines is 1. The molecule has 0 spiro atoms. The highest BCUT2D eigenvalue weighted by molar-refractivity contribution is 5.94. The van der Waals surface area contributed by atoms with E-state index in [1.807, 2.05) is 13.8 Å². The quantitative estimate of drug-likeness (QED) is 0.268. The zero-order chi connectivity index (χ0) is 22.1. The number of aromatic nitrogens is 2. The molecule has 162 valence electrons. The largest absolute Gasteiger partial charge is 0.480 e. The van der Waals surface area contributed by atoms with Gasteiger partial charge >= 0.3 is 5.97 Å². The van der Waals surface area contributed by atoms with Crippen LogP contribution < -0.4 is 21.7 Å². The van der Waals surface area contributed by atoms with Gasteiger partial charge in [-0.15, -0.1) is 0 Å². The summed E-state index contributed by atoms with van der Waals surface area (Å²) in [5, 5.41) is 16.3. The van der Waals surface area contributed by atoms with Crippen LogP contribution in [0, 0.1) is 5.92 Å². The van der Waals surface area contributed by atoms with E-state index < -0.39 is 47.9 Å². The molecule has 29 heavy (non-hydrogen) atoms. The highest BCUT2D eigenvalue weighted by atomic mass is 16.4. The predicted octanol–water partition coefficient (Wildman–Crippen LogP) is -1.10. The summed E-state index contributed by atoms with van der Waals surface area (Å²) in [4.78, 5) is 54.8. The number of hydrogen-bond donors (Lipinski definition) is 6. The van der Waals surface area contributed by atoms with E-state index in [-0.39, 0.29) is 12.3 Å². The smallest absolute Gasteiger partial charge is 0.325 e. The van der Waals surface area contributed by atoms with Crippen molar-refractivity contribution in [3.05, 3.63) is 18.2 Å². The second-order valence-electron chi connectivity index (χ2n) is 7.05. The number of nitrogens with zero attached hydrogens (tertiary/aromatic N) is 1. The van der Waals surface area contributed by atoms with Gasteiger partial charge in [0.15, 0.2) is 0 Å². The van der Waals surface area contributed by atoms with Crippen LogP contribution in [0.15, 0.2) is 12.5 Å². The number of carbonyl (C=O) groups excluding carboxylic acids is 3. The highest BCUT2D eigenvalue weighted by Gasteiger charge is 2.29. The number of rotatable bonds is 11. The van der Waals surface area contributed by atoms with Crippen molar-refractivity contribution in [2.45, 2.75) is 64.7 Å². The molecule has 1 aromatic rings. The average molecular weight is 410 g/mol. The highest BCUT2D eigenvalue weighted by Crippen LogP contribution is 2.07. The Labute approximate surface area is 169 Å². The standard InChI is InChI=1S/C18H30N6O5/c1-5-9(2)14(19)17(27)24-13(6-12-7-20-8-21-12)16(26)22-10(3)15(25)23-11(4)18(28)29/h7-11,13-14H,5-6,19H2,1-4H3,(H,20,21)(H,22,26)(H,23,25)(H,24,27)(H,28,29). The molecule has 1 aromatic heterocycles. The van der Waals surface area contributed by atoms with Crippen LogP contribution in [0.25, 0.3) is 0 Å². The summed E-state index contributed by atoms with van der Waals surface area (Å²) in [5.74, 6) is -3.00. The number of carboxylic acid groups (broad SMARTS) is 1. The Balaban J connectivity index is 2.83. The Morgan fingerprint density at radius 1 is 1.07 bits per heavy atom. The van der Waals surface area contributed by atoms with Gasteiger partial charge in [-0.2, -0.15) is 0 Å². The van der Waals surface area contributed by atoms with E-state index in [0.29, 0.717) is 12.1 Å². The molecule has 0 fully saturated rings. The lowest BCUT2D eigenvalue weighted by Gasteiger charge is -2.24. The summed E-state index contributed by atoms with van der Waals surface area (Å²) >= 11 is 0. The molecular formula is C18H30N6O5. The Morgan fingerprint density at radius 2 is 1.69 bits per heavy atom. The van der Waals surface area contributed by atoms with E-state index in [9.17, 15) is 19.2 Å². The summed E-state index contributed by atoms with van der Waals surface area (Å²) in [7, 11) is 0. The van der Waals surface area contributed by atoms with Gasteiger partial charge in [0.05, 0.1) is 12.4 Å². The number of H-pyrrole nitrogens is 1. The van der Waals surface area contributed by atoms with Crippen molar-refractivity contribution < 1.29 is 24.3 Å². The Kier molecular flexibility index (Phi) is 9.26. The minimum absolute atomic E-state index is 0.0759. The van der Waals surface area contributed by atoms with Gasteiger partial charge in [-0.1, -0.05) is 20.3 Å². The van der Waals surface area contributed by atoms with Crippen molar-refractivity contribution >= 4 is 23.7 Å². The lowest BCUT2D eigenvalue weighted by atomic mass is 9.98. The zero-order valence-corrected chi connectivity index (χ0v) is 17.1. The summed E-state index contributed by atoms with van der Waals surface area (Å²) in [6.45, 7) is 6.48. The summed E-state index contributed by atoms with van der Waals surface area (Å²) in [6, 6.07) is -3.89. The minimum Gasteiger partial charge on any atom is -0.480 e. The predicted molar refractivity (Wildman–Crippen MR) is 104 cm³/mol. The molecule has 5 unspecified atom stereocenters. The lowest BCUT2D eigenvalue weighted by Crippen LogP contribution is -2.57. The number of nitrogens with two attached hydrogens (primary N) is 1. The maximum atomic E-state index is 12.7. The molecule has 0 aliphatic heterocycles. The van der Waals surface area contributed by atoms with E-state index in [1.54, 1.807) is 0 Å². The van der Waals surface area contributed by atoms with Crippen LogP contribution in [-0.2, 0) is 25.6 Å². The van der Waals surface area contributed by atoms with Gasteiger partial charge in [-0.3, -0.25) is 19.2 Å². The summed E-state index contributed by atoms with van der Waals surface area (Å²) in [5.41, 5.74) is 6.55. The molecule has 1 rings (SSSR count). The second-order valence-corrected chi connectivity index (χ2v) is 7.05. The number of carboxylic acids is 1. The van der Waals surface area contributed by atoms with Crippen LogP contribution in [0.4, 0.5) is 0 Å². The molecule has 11 nitrogen and oxygen atoms in total. The fraction of sp³-hybridized carbons (Fsp3) is 0.611. The normalized spacial score (nSPS) is 16.0. The fourth-order valence-electron chi connectivity index (χ4n) is 2.39. The van der Waals surface area contributed by atoms with Crippen LogP contribution in [0.1, 0.15) is 39.8 Å². The molecule has 0 aromatic carbocycles. The molecular weight excluding hydrogens is 380 g/mol. The zero-order valence-electron chi connectivity index (χ0n) is 17.1. The van der Waals surface area contributed by atoms with Crippen LogP contribution in [0.3, 0.4) is 0 Å². The number of carbonyl (C=O) groups is 4. The molecule has 0 saturated carbocycles. The third-order valence-corrected chi connectivity index (χ3v) is 4.65. The molecule has 5 atom stereocenters. The summed E-state index contributed by atoms with van der Waals surface area (Å²) < 4.78 is 0. The number of nitrogens with one attached hydrogen (secondary N) is 4. The number of amides is 3. The van der Waals surface area contributed by atoms with Gasteiger partial charge in [0.25, 0.3) is 0 Å². The molecule has 7 N–H and O–H groups in total. The van der Waals surface area contributed by atoms with Crippen molar-refractivity contribution in [3.8, 4) is 0 Å². The van der Waals surface area contributed by atoms with Crippen LogP contribution in [0.2, 0.25) is 0 Å². The van der Waals surface area contributed by atoms with Gasteiger partial charge in [0.2, 0.25) is 17.7 Å². The molecule has 0 bridgehead atoms. The van der Waals surface area contributed by atoms with E-state index >= 15 is 0 Å².